The van der Waals surface area contributed by atoms with E-state index in [-0.39, 0.29) is 36.0 Å². The molecule has 2 aromatic carbocycles. The normalized spacial score (nSPS) is 10.8. The first kappa shape index (κ1) is 26.5. The lowest BCUT2D eigenvalue weighted by Gasteiger charge is -2.12. The van der Waals surface area contributed by atoms with Crippen LogP contribution in [0, 0.1) is 6.92 Å². The van der Waals surface area contributed by atoms with Gasteiger partial charge in [-0.05, 0) is 57.5 Å². The molecule has 0 saturated heterocycles. The second-order valence-corrected chi connectivity index (χ2v) is 7.23. The highest BCUT2D eigenvalue weighted by molar-refractivity contribution is 14.0. The molecule has 0 aliphatic heterocycles. The Kier molecular flexibility index (Phi) is 12.4. The average Bonchev–Trinajstić information content (AvgIpc) is 2.71. The molecular weight excluding hydrogens is 505 g/mol. The number of hydrogen-bond donors (Lipinski definition) is 4. The molecule has 0 aliphatic rings. The van der Waals surface area contributed by atoms with Crippen molar-refractivity contribution in [3.05, 3.63) is 59.7 Å². The fraction of sp³-hybridized carbons (Fsp3) is 0.391. The van der Waals surface area contributed by atoms with Gasteiger partial charge in [0.05, 0.1) is 13.1 Å². The van der Waals surface area contributed by atoms with E-state index >= 15 is 0 Å². The summed E-state index contributed by atoms with van der Waals surface area (Å²) in [7, 11) is 0. The van der Waals surface area contributed by atoms with E-state index in [2.05, 4.69) is 33.2 Å². The molecule has 170 valence electrons. The number of carbonyl (C=O) groups excluding carboxylic acids is 1. The molecule has 0 radical (unpaired) electrons. The van der Waals surface area contributed by atoms with Crippen molar-refractivity contribution in [3.8, 4) is 5.75 Å². The Morgan fingerprint density at radius 1 is 1.03 bits per heavy atom. The van der Waals surface area contributed by atoms with Crippen LogP contribution >= 0.6 is 24.0 Å². The van der Waals surface area contributed by atoms with E-state index < -0.39 is 0 Å². The fourth-order valence-corrected chi connectivity index (χ4v) is 2.61. The molecule has 0 fully saturated rings. The lowest BCUT2D eigenvalue weighted by atomic mass is 10.2. The van der Waals surface area contributed by atoms with Crippen molar-refractivity contribution in [2.24, 2.45) is 4.99 Å². The van der Waals surface area contributed by atoms with Crippen molar-refractivity contribution < 1.29 is 9.53 Å². The van der Waals surface area contributed by atoms with Crippen molar-refractivity contribution >= 4 is 41.7 Å². The SMILES string of the molecule is CCNC(=NCc1ccc(NC(=O)NC(C)C)cc1)NCCOc1ccc(C)cc1.I. The standard InChI is InChI=1S/C23H33N5O2.HI/c1-5-24-22(25-14-15-30-21-12-6-18(4)7-13-21)26-16-19-8-10-20(11-9-19)28-23(29)27-17(2)3;/h6-13,17H,5,14-16H2,1-4H3,(H2,24,25,26)(H2,27,28,29);1H. The minimum absolute atomic E-state index is 0. The maximum absolute atomic E-state index is 11.8. The zero-order valence-corrected chi connectivity index (χ0v) is 21.0. The smallest absolute Gasteiger partial charge is 0.319 e. The molecular formula is C23H34IN5O2. The van der Waals surface area contributed by atoms with Crippen molar-refractivity contribution in [2.45, 2.75) is 40.3 Å². The van der Waals surface area contributed by atoms with Crippen molar-refractivity contribution in [3.63, 3.8) is 0 Å². The topological polar surface area (TPSA) is 86.8 Å². The van der Waals surface area contributed by atoms with Crippen LogP contribution in [0.4, 0.5) is 10.5 Å². The maximum atomic E-state index is 11.8. The van der Waals surface area contributed by atoms with Gasteiger partial charge >= 0.3 is 6.03 Å². The molecule has 0 atom stereocenters. The van der Waals surface area contributed by atoms with E-state index in [0.717, 1.165) is 29.5 Å². The van der Waals surface area contributed by atoms with E-state index in [4.69, 9.17) is 4.74 Å². The first-order chi connectivity index (χ1) is 14.5. The van der Waals surface area contributed by atoms with E-state index in [1.807, 2.05) is 69.3 Å². The van der Waals surface area contributed by atoms with Crippen LogP contribution in [-0.2, 0) is 6.54 Å². The third kappa shape index (κ3) is 10.9. The molecule has 0 spiro atoms. The average molecular weight is 539 g/mol. The number of halogens is 1. The number of nitrogens with one attached hydrogen (secondary N) is 4. The van der Waals surface area contributed by atoms with Gasteiger partial charge in [0.1, 0.15) is 12.4 Å². The molecule has 31 heavy (non-hydrogen) atoms. The molecule has 7 nitrogen and oxygen atoms in total. The number of urea groups is 1. The molecule has 0 unspecified atom stereocenters. The zero-order valence-electron chi connectivity index (χ0n) is 18.7. The molecule has 8 heteroatoms. The Balaban J connectivity index is 0.00000480. The van der Waals surface area contributed by atoms with Gasteiger partial charge in [-0.2, -0.15) is 0 Å². The summed E-state index contributed by atoms with van der Waals surface area (Å²) in [6.45, 7) is 10.4. The van der Waals surface area contributed by atoms with E-state index in [0.29, 0.717) is 19.7 Å². The number of guanidine groups is 1. The van der Waals surface area contributed by atoms with Crippen LogP contribution in [0.25, 0.3) is 0 Å². The first-order valence-corrected chi connectivity index (χ1v) is 10.3. The van der Waals surface area contributed by atoms with Crippen LogP contribution in [0.3, 0.4) is 0 Å². The highest BCUT2D eigenvalue weighted by Gasteiger charge is 2.03. The van der Waals surface area contributed by atoms with Gasteiger partial charge in [-0.25, -0.2) is 9.79 Å². The third-order valence-electron chi connectivity index (χ3n) is 4.08. The quantitative estimate of drug-likeness (QED) is 0.166. The van der Waals surface area contributed by atoms with Crippen molar-refractivity contribution in [1.82, 2.24) is 16.0 Å². The summed E-state index contributed by atoms with van der Waals surface area (Å²) < 4.78 is 5.74. The number of aryl methyl sites for hydroxylation is 1. The predicted octanol–water partition coefficient (Wildman–Crippen LogP) is 4.28. The van der Waals surface area contributed by atoms with Gasteiger partial charge in [0.25, 0.3) is 0 Å². The van der Waals surface area contributed by atoms with E-state index in [1.54, 1.807) is 0 Å². The number of amides is 2. The molecule has 0 heterocycles. The van der Waals surface area contributed by atoms with Gasteiger partial charge in [0, 0.05) is 18.3 Å². The molecule has 4 N–H and O–H groups in total. The van der Waals surface area contributed by atoms with Gasteiger partial charge in [-0.3, -0.25) is 0 Å². The number of aliphatic imine (C=N–C) groups is 1. The number of anilines is 1. The lowest BCUT2D eigenvalue weighted by Crippen LogP contribution is -2.39. The van der Waals surface area contributed by atoms with E-state index in [9.17, 15) is 4.79 Å². The Bertz CT molecular complexity index is 808. The summed E-state index contributed by atoms with van der Waals surface area (Å²) in [5, 5.41) is 12.1. The highest BCUT2D eigenvalue weighted by Crippen LogP contribution is 2.11. The second-order valence-electron chi connectivity index (χ2n) is 7.23. The fourth-order valence-electron chi connectivity index (χ4n) is 2.61. The Hall–Kier alpha value is -2.49. The van der Waals surface area contributed by atoms with Gasteiger partial charge < -0.3 is 26.0 Å². The number of ether oxygens (including phenoxy) is 1. The molecule has 0 bridgehead atoms. The summed E-state index contributed by atoms with van der Waals surface area (Å²) in [5.74, 6) is 1.60. The molecule has 2 aromatic rings. The Morgan fingerprint density at radius 2 is 1.71 bits per heavy atom. The van der Waals surface area contributed by atoms with Crippen LogP contribution < -0.4 is 26.0 Å². The van der Waals surface area contributed by atoms with Gasteiger partial charge in [0.2, 0.25) is 0 Å². The molecule has 0 aromatic heterocycles. The number of carbonyl (C=O) groups is 1. The van der Waals surface area contributed by atoms with E-state index in [1.165, 1.54) is 5.56 Å². The summed E-state index contributed by atoms with van der Waals surface area (Å²) in [6.07, 6.45) is 0. The van der Waals surface area contributed by atoms with Crippen molar-refractivity contribution in [2.75, 3.05) is 25.0 Å². The molecule has 0 aliphatic carbocycles. The number of rotatable bonds is 9. The predicted molar refractivity (Wildman–Crippen MR) is 139 cm³/mol. The lowest BCUT2D eigenvalue weighted by molar-refractivity contribution is 0.250. The summed E-state index contributed by atoms with van der Waals surface area (Å²) in [4.78, 5) is 16.4. The van der Waals surface area contributed by atoms with Gasteiger partial charge in [0.15, 0.2) is 5.96 Å². The molecule has 2 rings (SSSR count). The van der Waals surface area contributed by atoms with Crippen LogP contribution in [-0.4, -0.2) is 37.7 Å². The zero-order chi connectivity index (χ0) is 21.8. The largest absolute Gasteiger partial charge is 0.492 e. The molecule has 2 amide bonds. The second kappa shape index (κ2) is 14.5. The Morgan fingerprint density at radius 3 is 2.32 bits per heavy atom. The summed E-state index contributed by atoms with van der Waals surface area (Å²) in [5.41, 5.74) is 3.02. The minimum Gasteiger partial charge on any atom is -0.492 e. The van der Waals surface area contributed by atoms with Gasteiger partial charge in [-0.15, -0.1) is 24.0 Å². The summed E-state index contributed by atoms with van der Waals surface area (Å²) >= 11 is 0. The van der Waals surface area contributed by atoms with Crippen LogP contribution in [0.5, 0.6) is 5.75 Å². The minimum atomic E-state index is -0.206. The number of benzene rings is 2. The number of hydrogen-bond acceptors (Lipinski definition) is 3. The van der Waals surface area contributed by atoms with Crippen LogP contribution in [0.2, 0.25) is 0 Å². The maximum Gasteiger partial charge on any atom is 0.319 e. The molecule has 0 saturated carbocycles. The van der Waals surface area contributed by atoms with Gasteiger partial charge in [-0.1, -0.05) is 29.8 Å². The Labute approximate surface area is 202 Å². The highest BCUT2D eigenvalue weighted by atomic mass is 127. The first-order valence-electron chi connectivity index (χ1n) is 10.3. The number of nitrogens with zero attached hydrogens (tertiary/aromatic N) is 1. The van der Waals surface area contributed by atoms with Crippen molar-refractivity contribution in [1.29, 1.82) is 0 Å². The monoisotopic (exact) mass is 539 g/mol. The van der Waals surface area contributed by atoms with Crippen LogP contribution in [0.15, 0.2) is 53.5 Å². The van der Waals surface area contributed by atoms with Crippen LogP contribution in [0.1, 0.15) is 31.9 Å². The summed E-state index contributed by atoms with van der Waals surface area (Å²) in [6, 6.07) is 15.6. The third-order valence-corrected chi connectivity index (χ3v) is 4.08.